The van der Waals surface area contributed by atoms with Crippen molar-refractivity contribution in [1.82, 2.24) is 0 Å². The standard InChI is InChI=1S/C10H16O2/c1-2-4-6-8-10-9(11-10,12-10)7-5-3-1/h1-8H2. The Morgan fingerprint density at radius 2 is 1.00 bits per heavy atom. The summed E-state index contributed by atoms with van der Waals surface area (Å²) in [6.45, 7) is 0. The molecule has 0 amide bonds. The Morgan fingerprint density at radius 3 is 1.50 bits per heavy atom. The highest BCUT2D eigenvalue weighted by atomic mass is 17.0. The van der Waals surface area contributed by atoms with Crippen LogP contribution in [0.25, 0.3) is 0 Å². The molecule has 2 nitrogen and oxygen atoms in total. The van der Waals surface area contributed by atoms with Gasteiger partial charge in [0.1, 0.15) is 0 Å². The van der Waals surface area contributed by atoms with E-state index in [-0.39, 0.29) is 11.6 Å². The lowest BCUT2D eigenvalue weighted by molar-refractivity contribution is -0.102. The van der Waals surface area contributed by atoms with E-state index in [1.165, 1.54) is 38.5 Å². The molecule has 12 heavy (non-hydrogen) atoms. The van der Waals surface area contributed by atoms with Gasteiger partial charge in [-0.2, -0.15) is 0 Å². The topological polar surface area (TPSA) is 25.1 Å². The minimum absolute atomic E-state index is 0.0513. The normalized spacial score (nSPS) is 52.0. The van der Waals surface area contributed by atoms with Crippen LogP contribution in [0.5, 0.6) is 0 Å². The molecule has 0 atom stereocenters. The summed E-state index contributed by atoms with van der Waals surface area (Å²) in [7, 11) is 0. The fourth-order valence-electron chi connectivity index (χ4n) is 2.50. The summed E-state index contributed by atoms with van der Waals surface area (Å²) in [6.07, 6.45) is 10.4. The Labute approximate surface area is 73.2 Å². The average molecular weight is 168 g/mol. The minimum atomic E-state index is -0.0513. The lowest BCUT2D eigenvalue weighted by Gasteiger charge is -2.00. The molecule has 0 radical (unpaired) electrons. The van der Waals surface area contributed by atoms with Crippen molar-refractivity contribution in [3.8, 4) is 0 Å². The first kappa shape index (κ1) is 7.34. The molecule has 0 unspecified atom stereocenters. The Morgan fingerprint density at radius 1 is 0.583 bits per heavy atom. The molecule has 2 heteroatoms. The van der Waals surface area contributed by atoms with Crippen molar-refractivity contribution >= 4 is 0 Å². The van der Waals surface area contributed by atoms with Gasteiger partial charge < -0.3 is 9.47 Å². The maximum atomic E-state index is 5.59. The zero-order valence-corrected chi connectivity index (χ0v) is 7.47. The highest BCUT2D eigenvalue weighted by molar-refractivity contribution is 5.17. The molecule has 2 aliphatic heterocycles. The van der Waals surface area contributed by atoms with Crippen LogP contribution in [0.1, 0.15) is 51.4 Å². The zero-order chi connectivity index (χ0) is 8.07. The van der Waals surface area contributed by atoms with Crippen LogP contribution >= 0.6 is 0 Å². The van der Waals surface area contributed by atoms with Gasteiger partial charge in [0, 0.05) is 12.8 Å². The molecule has 1 aliphatic carbocycles. The molecular weight excluding hydrogens is 152 g/mol. The van der Waals surface area contributed by atoms with E-state index < -0.39 is 0 Å². The summed E-state index contributed by atoms with van der Waals surface area (Å²) in [5.41, 5.74) is 0. The lowest BCUT2D eigenvalue weighted by Crippen LogP contribution is -1.98. The Bertz CT molecular complexity index is 174. The summed E-state index contributed by atoms with van der Waals surface area (Å²) >= 11 is 0. The summed E-state index contributed by atoms with van der Waals surface area (Å²) in [4.78, 5) is 0. The zero-order valence-electron chi connectivity index (χ0n) is 7.47. The third-order valence-corrected chi connectivity index (χ3v) is 3.42. The lowest BCUT2D eigenvalue weighted by atomic mass is 10.0. The fraction of sp³-hybridized carbons (Fsp3) is 1.00. The predicted molar refractivity (Wildman–Crippen MR) is 44.6 cm³/mol. The second kappa shape index (κ2) is 2.24. The van der Waals surface area contributed by atoms with E-state index in [4.69, 9.17) is 9.47 Å². The molecule has 0 aromatic carbocycles. The van der Waals surface area contributed by atoms with E-state index in [0.717, 1.165) is 12.8 Å². The Kier molecular flexibility index (Phi) is 1.37. The first-order valence-corrected chi connectivity index (χ1v) is 5.27. The van der Waals surface area contributed by atoms with Crippen molar-refractivity contribution in [2.45, 2.75) is 62.9 Å². The van der Waals surface area contributed by atoms with Crippen LogP contribution in [-0.4, -0.2) is 11.6 Å². The highest BCUT2D eigenvalue weighted by Gasteiger charge is 2.89. The Hall–Kier alpha value is -0.0800. The predicted octanol–water partition coefficient (Wildman–Crippen LogP) is 2.57. The van der Waals surface area contributed by atoms with Crippen molar-refractivity contribution in [3.63, 3.8) is 0 Å². The highest BCUT2D eigenvalue weighted by Crippen LogP contribution is 2.72. The van der Waals surface area contributed by atoms with Crippen LogP contribution in [-0.2, 0) is 9.47 Å². The van der Waals surface area contributed by atoms with Crippen molar-refractivity contribution < 1.29 is 9.47 Å². The first-order chi connectivity index (χ1) is 5.87. The number of epoxide rings is 2. The SMILES string of the molecule is C1CCCCC23OC2(CCC1)O3. The molecule has 0 spiro atoms. The van der Waals surface area contributed by atoms with Gasteiger partial charge in [0.2, 0.25) is 11.6 Å². The molecule has 3 aliphatic rings. The number of ether oxygens (including phenoxy) is 2. The van der Waals surface area contributed by atoms with Gasteiger partial charge in [0.15, 0.2) is 0 Å². The summed E-state index contributed by atoms with van der Waals surface area (Å²) in [5.74, 6) is -0.103. The van der Waals surface area contributed by atoms with E-state index in [1.807, 2.05) is 0 Å². The smallest absolute Gasteiger partial charge is 0.229 e. The summed E-state index contributed by atoms with van der Waals surface area (Å²) in [5, 5.41) is 0. The molecule has 0 N–H and O–H groups in total. The number of rotatable bonds is 0. The van der Waals surface area contributed by atoms with Gasteiger partial charge in [0.25, 0.3) is 0 Å². The van der Waals surface area contributed by atoms with E-state index in [1.54, 1.807) is 0 Å². The monoisotopic (exact) mass is 168 g/mol. The molecule has 2 saturated heterocycles. The third kappa shape index (κ3) is 0.882. The van der Waals surface area contributed by atoms with Crippen molar-refractivity contribution in [2.24, 2.45) is 0 Å². The minimum Gasteiger partial charge on any atom is -0.307 e. The van der Waals surface area contributed by atoms with Gasteiger partial charge >= 0.3 is 0 Å². The maximum Gasteiger partial charge on any atom is 0.229 e. The van der Waals surface area contributed by atoms with Crippen LogP contribution in [0.2, 0.25) is 0 Å². The van der Waals surface area contributed by atoms with Gasteiger partial charge in [-0.1, -0.05) is 25.7 Å². The van der Waals surface area contributed by atoms with Gasteiger partial charge in [-0.15, -0.1) is 0 Å². The van der Waals surface area contributed by atoms with E-state index in [0.29, 0.717) is 0 Å². The molecule has 0 bridgehead atoms. The van der Waals surface area contributed by atoms with E-state index in [9.17, 15) is 0 Å². The van der Waals surface area contributed by atoms with Crippen LogP contribution in [0.3, 0.4) is 0 Å². The third-order valence-electron chi connectivity index (χ3n) is 3.42. The molecule has 3 fully saturated rings. The van der Waals surface area contributed by atoms with Gasteiger partial charge in [-0.25, -0.2) is 0 Å². The van der Waals surface area contributed by atoms with Crippen LogP contribution < -0.4 is 0 Å². The Balaban J connectivity index is 1.61. The van der Waals surface area contributed by atoms with Crippen molar-refractivity contribution in [3.05, 3.63) is 0 Å². The quantitative estimate of drug-likeness (QED) is 0.519. The van der Waals surface area contributed by atoms with Gasteiger partial charge in [0.05, 0.1) is 0 Å². The van der Waals surface area contributed by atoms with Crippen LogP contribution in [0.15, 0.2) is 0 Å². The molecule has 0 aromatic rings. The summed E-state index contributed by atoms with van der Waals surface area (Å²) in [6, 6.07) is 0. The fourth-order valence-corrected chi connectivity index (χ4v) is 2.50. The van der Waals surface area contributed by atoms with Crippen molar-refractivity contribution in [2.75, 3.05) is 0 Å². The van der Waals surface area contributed by atoms with Crippen LogP contribution in [0, 0.1) is 0 Å². The summed E-state index contributed by atoms with van der Waals surface area (Å²) < 4.78 is 11.2. The van der Waals surface area contributed by atoms with Gasteiger partial charge in [-0.3, -0.25) is 0 Å². The van der Waals surface area contributed by atoms with E-state index >= 15 is 0 Å². The maximum absolute atomic E-state index is 5.59. The second-order valence-corrected chi connectivity index (χ2v) is 4.33. The molecule has 1 saturated carbocycles. The molecule has 2 heterocycles. The van der Waals surface area contributed by atoms with Crippen LogP contribution in [0.4, 0.5) is 0 Å². The van der Waals surface area contributed by atoms with E-state index in [2.05, 4.69) is 0 Å². The second-order valence-electron chi connectivity index (χ2n) is 4.33. The first-order valence-electron chi connectivity index (χ1n) is 5.27. The molecule has 68 valence electrons. The average Bonchev–Trinajstić information content (AvgIpc) is 2.83. The van der Waals surface area contributed by atoms with Crippen molar-refractivity contribution in [1.29, 1.82) is 0 Å². The number of hydrogen-bond donors (Lipinski definition) is 0. The largest absolute Gasteiger partial charge is 0.307 e. The molecule has 3 rings (SSSR count). The molecule has 0 aromatic heterocycles. The number of hydrogen-bond acceptors (Lipinski definition) is 2. The molecular formula is C10H16O2. The van der Waals surface area contributed by atoms with Gasteiger partial charge in [-0.05, 0) is 12.8 Å².